The lowest BCUT2D eigenvalue weighted by Gasteiger charge is -2.47. The number of benzene rings is 2. The van der Waals surface area contributed by atoms with Gasteiger partial charge in [-0.1, -0.05) is 43.3 Å². The molecule has 0 aromatic heterocycles. The van der Waals surface area contributed by atoms with Crippen molar-refractivity contribution in [2.75, 3.05) is 32.1 Å². The third-order valence-electron chi connectivity index (χ3n) is 5.41. The van der Waals surface area contributed by atoms with Gasteiger partial charge in [0.15, 0.2) is 5.11 Å². The second-order valence-corrected chi connectivity index (χ2v) is 7.49. The third kappa shape index (κ3) is 3.25. The fraction of sp³-hybridized carbons (Fsp3) is 0.333. The van der Waals surface area contributed by atoms with Gasteiger partial charge in [-0.05, 0) is 41.4 Å². The molecule has 0 spiro atoms. The highest BCUT2D eigenvalue weighted by molar-refractivity contribution is 7.80. The average molecular weight is 382 g/mol. The van der Waals surface area contributed by atoms with Gasteiger partial charge in [0.05, 0.1) is 25.4 Å². The number of carbonyl (C=O) groups is 1. The minimum absolute atomic E-state index is 0.0380. The molecule has 6 heteroatoms. The number of nitrogens with zero attached hydrogens (tertiary/aromatic N) is 2. The number of anilines is 1. The SMILES string of the molecule is COc1ccccc1NC(=S)N1CC(=O)N2C[C@@H](C)c3ccccc3[C@H]2C1. The lowest BCUT2D eigenvalue weighted by Crippen LogP contribution is -2.56. The van der Waals surface area contributed by atoms with Crippen LogP contribution in [0.2, 0.25) is 0 Å². The topological polar surface area (TPSA) is 44.8 Å². The summed E-state index contributed by atoms with van der Waals surface area (Å²) in [6.07, 6.45) is 0. The maximum atomic E-state index is 12.8. The van der Waals surface area contributed by atoms with E-state index in [4.69, 9.17) is 17.0 Å². The number of hydrogen-bond donors (Lipinski definition) is 1. The average Bonchev–Trinajstić information content (AvgIpc) is 2.69. The number of thiocarbonyl (C=S) groups is 1. The van der Waals surface area contributed by atoms with E-state index in [0.29, 0.717) is 24.1 Å². The van der Waals surface area contributed by atoms with Gasteiger partial charge >= 0.3 is 0 Å². The van der Waals surface area contributed by atoms with Gasteiger partial charge in [-0.2, -0.15) is 0 Å². The van der Waals surface area contributed by atoms with Crippen LogP contribution in [0.25, 0.3) is 0 Å². The quantitative estimate of drug-likeness (QED) is 0.808. The third-order valence-corrected chi connectivity index (χ3v) is 5.77. The van der Waals surface area contributed by atoms with Crippen LogP contribution in [-0.2, 0) is 4.79 Å². The van der Waals surface area contributed by atoms with Gasteiger partial charge in [0.2, 0.25) is 5.91 Å². The summed E-state index contributed by atoms with van der Waals surface area (Å²) in [6.45, 7) is 3.94. The van der Waals surface area contributed by atoms with E-state index in [0.717, 1.165) is 18.0 Å². The van der Waals surface area contributed by atoms with E-state index in [1.807, 2.05) is 40.1 Å². The van der Waals surface area contributed by atoms with Crippen LogP contribution in [0, 0.1) is 0 Å². The molecule has 1 amide bonds. The molecule has 2 atom stereocenters. The number of piperazine rings is 1. The molecule has 1 N–H and O–H groups in total. The number of hydrogen-bond acceptors (Lipinski definition) is 3. The van der Waals surface area contributed by atoms with Crippen LogP contribution in [0.5, 0.6) is 5.75 Å². The molecule has 1 fully saturated rings. The lowest BCUT2D eigenvalue weighted by molar-refractivity contribution is -0.139. The van der Waals surface area contributed by atoms with Gasteiger partial charge in [-0.25, -0.2) is 0 Å². The molecule has 2 aliphatic heterocycles. The molecular formula is C21H23N3O2S. The van der Waals surface area contributed by atoms with Crippen molar-refractivity contribution in [3.05, 3.63) is 59.7 Å². The number of para-hydroxylation sites is 2. The van der Waals surface area contributed by atoms with E-state index in [9.17, 15) is 4.79 Å². The Hall–Kier alpha value is -2.60. The predicted molar refractivity (Wildman–Crippen MR) is 110 cm³/mol. The minimum Gasteiger partial charge on any atom is -0.495 e. The lowest BCUT2D eigenvalue weighted by atomic mass is 9.85. The number of amides is 1. The molecule has 0 saturated carbocycles. The van der Waals surface area contributed by atoms with Crippen molar-refractivity contribution in [1.29, 1.82) is 0 Å². The number of nitrogens with one attached hydrogen (secondary N) is 1. The van der Waals surface area contributed by atoms with E-state index in [1.165, 1.54) is 11.1 Å². The molecule has 0 unspecified atom stereocenters. The summed E-state index contributed by atoms with van der Waals surface area (Å²) in [6, 6.07) is 16.1. The van der Waals surface area contributed by atoms with Crippen molar-refractivity contribution in [2.24, 2.45) is 0 Å². The molecule has 0 aliphatic carbocycles. The Morgan fingerprint density at radius 2 is 1.81 bits per heavy atom. The van der Waals surface area contributed by atoms with E-state index >= 15 is 0 Å². The second-order valence-electron chi connectivity index (χ2n) is 7.10. The Bertz CT molecular complexity index is 885. The number of carbonyl (C=O) groups excluding carboxylic acids is 1. The molecule has 4 rings (SSSR count). The van der Waals surface area contributed by atoms with E-state index in [2.05, 4.69) is 30.4 Å². The molecule has 5 nitrogen and oxygen atoms in total. The predicted octanol–water partition coefficient (Wildman–Crippen LogP) is 3.39. The first-order chi connectivity index (χ1) is 13.1. The number of fused-ring (bicyclic) bond motifs is 3. The van der Waals surface area contributed by atoms with Crippen molar-refractivity contribution in [3.63, 3.8) is 0 Å². The van der Waals surface area contributed by atoms with Crippen LogP contribution in [0.3, 0.4) is 0 Å². The fourth-order valence-corrected chi connectivity index (χ4v) is 4.30. The summed E-state index contributed by atoms with van der Waals surface area (Å²) in [7, 11) is 1.63. The highest BCUT2D eigenvalue weighted by Gasteiger charge is 2.39. The van der Waals surface area contributed by atoms with Crippen molar-refractivity contribution in [2.45, 2.75) is 18.9 Å². The maximum absolute atomic E-state index is 12.8. The molecule has 0 bridgehead atoms. The second kappa shape index (κ2) is 7.19. The van der Waals surface area contributed by atoms with Crippen LogP contribution in [0.4, 0.5) is 5.69 Å². The summed E-state index contributed by atoms with van der Waals surface area (Å²) in [5.41, 5.74) is 3.36. The zero-order valence-electron chi connectivity index (χ0n) is 15.5. The Balaban J connectivity index is 1.57. The monoisotopic (exact) mass is 381 g/mol. The molecule has 2 aliphatic rings. The largest absolute Gasteiger partial charge is 0.495 e. The molecule has 2 heterocycles. The Labute approximate surface area is 164 Å². The van der Waals surface area contributed by atoms with Crippen LogP contribution in [0.15, 0.2) is 48.5 Å². The number of rotatable bonds is 2. The smallest absolute Gasteiger partial charge is 0.242 e. The van der Waals surface area contributed by atoms with E-state index in [-0.39, 0.29) is 11.9 Å². The minimum atomic E-state index is 0.0380. The van der Waals surface area contributed by atoms with Crippen LogP contribution in [0.1, 0.15) is 30.0 Å². The highest BCUT2D eigenvalue weighted by atomic mass is 32.1. The number of methoxy groups -OCH3 is 1. The van der Waals surface area contributed by atoms with Gasteiger partial charge in [0.1, 0.15) is 5.75 Å². The molecule has 140 valence electrons. The zero-order chi connectivity index (χ0) is 19.0. The first-order valence-electron chi connectivity index (χ1n) is 9.15. The number of ether oxygens (including phenoxy) is 1. The molecule has 1 saturated heterocycles. The van der Waals surface area contributed by atoms with Gasteiger partial charge in [0, 0.05) is 13.1 Å². The van der Waals surface area contributed by atoms with Gasteiger partial charge in [-0.15, -0.1) is 0 Å². The molecule has 27 heavy (non-hydrogen) atoms. The first-order valence-corrected chi connectivity index (χ1v) is 9.56. The van der Waals surface area contributed by atoms with E-state index in [1.54, 1.807) is 7.11 Å². The van der Waals surface area contributed by atoms with Crippen molar-refractivity contribution < 1.29 is 9.53 Å². The maximum Gasteiger partial charge on any atom is 0.242 e. The van der Waals surface area contributed by atoms with Crippen LogP contribution >= 0.6 is 12.2 Å². The normalized spacial score (nSPS) is 21.3. The van der Waals surface area contributed by atoms with Crippen molar-refractivity contribution >= 4 is 28.9 Å². The van der Waals surface area contributed by atoms with Gasteiger partial charge in [-0.3, -0.25) is 4.79 Å². The van der Waals surface area contributed by atoms with Crippen molar-refractivity contribution in [3.8, 4) is 5.75 Å². The molecule has 2 aromatic carbocycles. The summed E-state index contributed by atoms with van der Waals surface area (Å²) < 4.78 is 5.38. The fourth-order valence-electron chi connectivity index (χ4n) is 4.05. The zero-order valence-corrected chi connectivity index (χ0v) is 16.3. The van der Waals surface area contributed by atoms with Gasteiger partial charge in [0.25, 0.3) is 0 Å². The standard InChI is InChI=1S/C21H23N3O2S/c1-14-11-24-18(16-8-4-3-7-15(14)16)12-23(13-20(24)25)21(27)22-17-9-5-6-10-19(17)26-2/h3-10,14,18H,11-13H2,1-2H3,(H,22,27)/t14-,18-/m1/s1. The highest BCUT2D eigenvalue weighted by Crippen LogP contribution is 2.38. The molecule has 2 aromatic rings. The summed E-state index contributed by atoms with van der Waals surface area (Å²) >= 11 is 5.62. The summed E-state index contributed by atoms with van der Waals surface area (Å²) in [5.74, 6) is 1.20. The first kappa shape index (κ1) is 17.8. The molecular weight excluding hydrogens is 358 g/mol. The summed E-state index contributed by atoms with van der Waals surface area (Å²) in [5, 5.41) is 3.79. The molecule has 0 radical (unpaired) electrons. The van der Waals surface area contributed by atoms with Crippen LogP contribution in [-0.4, -0.2) is 47.6 Å². The Morgan fingerprint density at radius 1 is 1.11 bits per heavy atom. The Kier molecular flexibility index (Phi) is 4.74. The van der Waals surface area contributed by atoms with E-state index < -0.39 is 0 Å². The van der Waals surface area contributed by atoms with Crippen LogP contribution < -0.4 is 10.1 Å². The van der Waals surface area contributed by atoms with Crippen molar-refractivity contribution in [1.82, 2.24) is 9.80 Å². The van der Waals surface area contributed by atoms with Gasteiger partial charge < -0.3 is 19.9 Å². The summed E-state index contributed by atoms with van der Waals surface area (Å²) in [4.78, 5) is 16.8. The Morgan fingerprint density at radius 3 is 2.59 bits per heavy atom.